The van der Waals surface area contributed by atoms with Crippen molar-refractivity contribution in [1.29, 1.82) is 0 Å². The minimum absolute atomic E-state index is 0.0911. The molecule has 0 spiro atoms. The van der Waals surface area contributed by atoms with Crippen molar-refractivity contribution < 1.29 is 17.9 Å². The van der Waals surface area contributed by atoms with Gasteiger partial charge in [-0.05, 0) is 31.2 Å². The van der Waals surface area contributed by atoms with Crippen LogP contribution in [0.25, 0.3) is 0 Å². The van der Waals surface area contributed by atoms with Gasteiger partial charge in [-0.25, -0.2) is 13.1 Å². The third kappa shape index (κ3) is 4.80. The number of methoxy groups -OCH3 is 1. The molecule has 25 heavy (non-hydrogen) atoms. The Balaban J connectivity index is 2.09. The first-order valence-electron chi connectivity index (χ1n) is 7.82. The molecule has 0 aromatic heterocycles. The molecule has 0 aliphatic rings. The van der Waals surface area contributed by atoms with Gasteiger partial charge < -0.3 is 9.64 Å². The number of rotatable bonds is 7. The molecule has 0 atom stereocenters. The summed E-state index contributed by atoms with van der Waals surface area (Å²) in [6, 6.07) is 13.7. The number of nitrogens with one attached hydrogen (secondary N) is 1. The van der Waals surface area contributed by atoms with Crippen LogP contribution in [0.1, 0.15) is 12.5 Å². The molecule has 0 fully saturated rings. The van der Waals surface area contributed by atoms with Crippen molar-refractivity contribution >= 4 is 21.6 Å². The van der Waals surface area contributed by atoms with Gasteiger partial charge in [0.25, 0.3) is 0 Å². The Kier molecular flexibility index (Phi) is 6.17. The first-order valence-corrected chi connectivity index (χ1v) is 9.31. The Labute approximate surface area is 148 Å². The number of aryl methyl sites for hydroxylation is 1. The third-order valence-electron chi connectivity index (χ3n) is 3.71. The van der Waals surface area contributed by atoms with E-state index < -0.39 is 10.0 Å². The quantitative estimate of drug-likeness (QED) is 0.820. The Hall–Kier alpha value is -2.38. The maximum Gasteiger partial charge on any atom is 0.240 e. The number of sulfonamides is 1. The first kappa shape index (κ1) is 19.0. The molecular weight excluding hydrogens is 340 g/mol. The van der Waals surface area contributed by atoms with Crippen LogP contribution in [0.5, 0.6) is 5.75 Å². The number of amides is 1. The normalized spacial score (nSPS) is 11.2. The van der Waals surface area contributed by atoms with Gasteiger partial charge in [-0.1, -0.05) is 29.8 Å². The summed E-state index contributed by atoms with van der Waals surface area (Å²) in [5, 5.41) is 0. The van der Waals surface area contributed by atoms with E-state index in [1.54, 1.807) is 48.5 Å². The minimum Gasteiger partial charge on any atom is -0.495 e. The molecule has 1 amide bonds. The predicted octanol–water partition coefficient (Wildman–Crippen LogP) is 2.34. The highest BCUT2D eigenvalue weighted by molar-refractivity contribution is 7.89. The van der Waals surface area contributed by atoms with Crippen LogP contribution in [-0.2, 0) is 14.8 Å². The number of para-hydroxylation sites is 2. The van der Waals surface area contributed by atoms with Gasteiger partial charge in [-0.15, -0.1) is 0 Å². The minimum atomic E-state index is -3.62. The molecule has 1 N–H and O–H groups in total. The number of anilines is 1. The predicted molar refractivity (Wildman–Crippen MR) is 97.4 cm³/mol. The monoisotopic (exact) mass is 362 g/mol. The Morgan fingerprint density at radius 1 is 1.12 bits per heavy atom. The van der Waals surface area contributed by atoms with E-state index in [-0.39, 0.29) is 23.9 Å². The van der Waals surface area contributed by atoms with Crippen molar-refractivity contribution in [2.45, 2.75) is 18.7 Å². The van der Waals surface area contributed by atoms with Gasteiger partial charge in [0.05, 0.1) is 17.7 Å². The third-order valence-corrected chi connectivity index (χ3v) is 5.19. The van der Waals surface area contributed by atoms with Gasteiger partial charge in [0.15, 0.2) is 0 Å². The van der Waals surface area contributed by atoms with Gasteiger partial charge in [0.1, 0.15) is 5.75 Å². The molecule has 134 valence electrons. The van der Waals surface area contributed by atoms with Crippen LogP contribution >= 0.6 is 0 Å². The summed E-state index contributed by atoms with van der Waals surface area (Å²) >= 11 is 0. The summed E-state index contributed by atoms with van der Waals surface area (Å²) in [4.78, 5) is 13.7. The van der Waals surface area contributed by atoms with E-state index in [4.69, 9.17) is 4.74 Å². The molecule has 0 heterocycles. The molecule has 0 bridgehead atoms. The van der Waals surface area contributed by atoms with E-state index in [1.165, 1.54) is 18.9 Å². The number of nitrogens with zero attached hydrogens (tertiary/aromatic N) is 1. The molecule has 6 nitrogen and oxygen atoms in total. The molecular formula is C18H22N2O4S. The maximum absolute atomic E-state index is 12.3. The van der Waals surface area contributed by atoms with E-state index >= 15 is 0 Å². The van der Waals surface area contributed by atoms with Crippen molar-refractivity contribution in [3.8, 4) is 5.75 Å². The second-order valence-electron chi connectivity index (χ2n) is 5.55. The topological polar surface area (TPSA) is 75.7 Å². The number of carbonyl (C=O) groups excluding carboxylic acids is 1. The lowest BCUT2D eigenvalue weighted by atomic mass is 10.2. The average molecular weight is 362 g/mol. The molecule has 0 radical (unpaired) electrons. The summed E-state index contributed by atoms with van der Waals surface area (Å²) < 4.78 is 32.4. The summed E-state index contributed by atoms with van der Waals surface area (Å²) in [5.74, 6) is 0.359. The molecule has 0 unspecified atom stereocenters. The largest absolute Gasteiger partial charge is 0.495 e. The molecule has 2 aromatic carbocycles. The van der Waals surface area contributed by atoms with Crippen molar-refractivity contribution in [3.63, 3.8) is 0 Å². The summed E-state index contributed by atoms with van der Waals surface area (Å²) in [5.41, 5.74) is 1.59. The van der Waals surface area contributed by atoms with Gasteiger partial charge in [-0.3, -0.25) is 4.79 Å². The number of benzene rings is 2. The lowest BCUT2D eigenvalue weighted by molar-refractivity contribution is -0.116. The fraction of sp³-hybridized carbons (Fsp3) is 0.278. The van der Waals surface area contributed by atoms with Crippen molar-refractivity contribution in [3.05, 3.63) is 54.1 Å². The molecule has 0 saturated carbocycles. The summed E-state index contributed by atoms with van der Waals surface area (Å²) in [7, 11) is -2.09. The van der Waals surface area contributed by atoms with Gasteiger partial charge in [0.2, 0.25) is 15.9 Å². The number of ether oxygens (including phenoxy) is 1. The summed E-state index contributed by atoms with van der Waals surface area (Å²) in [6.07, 6.45) is 0. The van der Waals surface area contributed by atoms with Crippen molar-refractivity contribution in [2.24, 2.45) is 0 Å². The standard InChI is InChI=1S/C18H22N2O4S/c1-14-8-10-16(11-9-14)25(22,23)19-12-13-20(15(2)21)17-6-4-5-7-18(17)24-3/h4-11,19H,12-13H2,1-3H3. The van der Waals surface area contributed by atoms with Crippen LogP contribution in [0.4, 0.5) is 5.69 Å². The van der Waals surface area contributed by atoms with Gasteiger partial charge >= 0.3 is 0 Å². The van der Waals surface area contributed by atoms with Crippen LogP contribution in [0.2, 0.25) is 0 Å². The average Bonchev–Trinajstić information content (AvgIpc) is 2.59. The van der Waals surface area contributed by atoms with Gasteiger partial charge in [-0.2, -0.15) is 0 Å². The SMILES string of the molecule is COc1ccccc1N(CCNS(=O)(=O)c1ccc(C)cc1)C(C)=O. The van der Waals surface area contributed by atoms with E-state index in [1.807, 2.05) is 6.92 Å². The lowest BCUT2D eigenvalue weighted by Gasteiger charge is -2.23. The molecule has 0 aliphatic carbocycles. The maximum atomic E-state index is 12.3. The second-order valence-corrected chi connectivity index (χ2v) is 7.32. The number of hydrogen-bond donors (Lipinski definition) is 1. The van der Waals surface area contributed by atoms with E-state index in [0.29, 0.717) is 11.4 Å². The Morgan fingerprint density at radius 3 is 2.36 bits per heavy atom. The number of hydrogen-bond acceptors (Lipinski definition) is 4. The van der Waals surface area contributed by atoms with E-state index in [2.05, 4.69) is 4.72 Å². The van der Waals surface area contributed by atoms with E-state index in [0.717, 1.165) is 5.56 Å². The van der Waals surface area contributed by atoms with Crippen LogP contribution in [-0.4, -0.2) is 34.5 Å². The lowest BCUT2D eigenvalue weighted by Crippen LogP contribution is -2.37. The highest BCUT2D eigenvalue weighted by Gasteiger charge is 2.18. The first-order chi connectivity index (χ1) is 11.8. The van der Waals surface area contributed by atoms with Crippen LogP contribution in [0, 0.1) is 6.92 Å². The summed E-state index contributed by atoms with van der Waals surface area (Å²) in [6.45, 7) is 3.61. The van der Waals surface area contributed by atoms with Crippen molar-refractivity contribution in [1.82, 2.24) is 4.72 Å². The Bertz CT molecular complexity index is 832. The van der Waals surface area contributed by atoms with Crippen molar-refractivity contribution in [2.75, 3.05) is 25.1 Å². The zero-order chi connectivity index (χ0) is 18.4. The van der Waals surface area contributed by atoms with E-state index in [9.17, 15) is 13.2 Å². The van der Waals surface area contributed by atoms with Crippen LogP contribution in [0.3, 0.4) is 0 Å². The highest BCUT2D eigenvalue weighted by atomic mass is 32.2. The highest BCUT2D eigenvalue weighted by Crippen LogP contribution is 2.27. The van der Waals surface area contributed by atoms with Crippen LogP contribution in [0.15, 0.2) is 53.4 Å². The zero-order valence-electron chi connectivity index (χ0n) is 14.5. The molecule has 0 aliphatic heterocycles. The molecule has 2 rings (SSSR count). The van der Waals surface area contributed by atoms with Crippen LogP contribution < -0.4 is 14.4 Å². The molecule has 2 aromatic rings. The zero-order valence-corrected chi connectivity index (χ0v) is 15.3. The Morgan fingerprint density at radius 2 is 1.76 bits per heavy atom. The fourth-order valence-corrected chi connectivity index (χ4v) is 3.41. The fourth-order valence-electron chi connectivity index (χ4n) is 2.39. The number of carbonyl (C=O) groups is 1. The molecule has 7 heteroatoms. The molecule has 0 saturated heterocycles. The van der Waals surface area contributed by atoms with Gasteiger partial charge in [0, 0.05) is 20.0 Å². The smallest absolute Gasteiger partial charge is 0.240 e. The second kappa shape index (κ2) is 8.13.